The van der Waals surface area contributed by atoms with E-state index >= 15 is 0 Å². The van der Waals surface area contributed by atoms with Gasteiger partial charge in [-0.3, -0.25) is 4.79 Å². The van der Waals surface area contributed by atoms with Crippen LogP contribution in [0.5, 0.6) is 0 Å². The van der Waals surface area contributed by atoms with E-state index in [1.807, 2.05) is 30.3 Å². The van der Waals surface area contributed by atoms with E-state index in [1.54, 1.807) is 11.2 Å². The average Bonchev–Trinajstić information content (AvgIpc) is 3.37. The third-order valence-electron chi connectivity index (χ3n) is 6.45. The molecule has 1 aromatic heterocycles. The lowest BCUT2D eigenvalue weighted by molar-refractivity contribution is -0.153. The molecule has 1 aromatic carbocycles. The number of allylic oxidation sites excluding steroid dienone is 1. The number of nitrogens with zero attached hydrogens (tertiary/aromatic N) is 1. The number of unbranched alkanes of at least 4 members (excludes halogenated alkanes) is 1. The quantitative estimate of drug-likeness (QED) is 0.538. The second-order valence-corrected chi connectivity index (χ2v) is 9.15. The van der Waals surface area contributed by atoms with Gasteiger partial charge in [0.1, 0.15) is 5.58 Å². The van der Waals surface area contributed by atoms with Crippen LogP contribution in [0, 0.1) is 0 Å². The van der Waals surface area contributed by atoms with E-state index in [-0.39, 0.29) is 24.2 Å². The molecule has 2 aromatic rings. The van der Waals surface area contributed by atoms with Gasteiger partial charge < -0.3 is 42.8 Å². The molecule has 0 bridgehead atoms. The third-order valence-corrected chi connectivity index (χ3v) is 6.45. The van der Waals surface area contributed by atoms with Gasteiger partial charge in [-0.1, -0.05) is 18.2 Å². The van der Waals surface area contributed by atoms with Gasteiger partial charge in [0.05, 0.1) is 65.7 Å². The zero-order valence-electron chi connectivity index (χ0n) is 21.9. The number of amides is 1. The molecule has 2 atom stereocenters. The lowest BCUT2D eigenvalue weighted by Gasteiger charge is -2.31. The van der Waals surface area contributed by atoms with Crippen LogP contribution in [0.25, 0.3) is 11.0 Å². The van der Waals surface area contributed by atoms with Gasteiger partial charge in [0.25, 0.3) is 5.91 Å². The van der Waals surface area contributed by atoms with Gasteiger partial charge in [0.2, 0.25) is 6.29 Å². The smallest absolute Gasteiger partial charge is 0.288 e. The summed E-state index contributed by atoms with van der Waals surface area (Å²) < 4.78 is 40.2. The molecule has 0 spiro atoms. The number of aliphatic hydroxyl groups is 1. The highest BCUT2D eigenvalue weighted by Crippen LogP contribution is 2.36. The molecule has 1 N–H and O–H groups in total. The van der Waals surface area contributed by atoms with Crippen molar-refractivity contribution in [2.75, 3.05) is 79.2 Å². The molecular formula is C28H39NO9. The summed E-state index contributed by atoms with van der Waals surface area (Å²) in [6.45, 7) is 4.91. The van der Waals surface area contributed by atoms with Crippen LogP contribution in [0.1, 0.15) is 30.7 Å². The predicted octanol–water partition coefficient (Wildman–Crippen LogP) is 2.84. The zero-order valence-corrected chi connectivity index (χ0v) is 21.9. The minimum absolute atomic E-state index is 0.111. The summed E-state index contributed by atoms with van der Waals surface area (Å²) in [6, 6.07) is 7.84. The van der Waals surface area contributed by atoms with Gasteiger partial charge in [-0.05, 0) is 25.0 Å². The van der Waals surface area contributed by atoms with Gasteiger partial charge >= 0.3 is 0 Å². The highest BCUT2D eigenvalue weighted by Gasteiger charge is 2.32. The molecule has 1 saturated heterocycles. The van der Waals surface area contributed by atoms with Gasteiger partial charge in [-0.25, -0.2) is 0 Å². The molecule has 2 aliphatic rings. The molecule has 0 radical (unpaired) electrons. The number of para-hydroxylation sites is 1. The number of furan rings is 1. The zero-order chi connectivity index (χ0) is 26.4. The van der Waals surface area contributed by atoms with E-state index in [2.05, 4.69) is 0 Å². The number of rotatable bonds is 7. The molecule has 1 fully saturated rings. The van der Waals surface area contributed by atoms with Crippen LogP contribution in [-0.2, 0) is 33.2 Å². The Morgan fingerprint density at radius 3 is 2.26 bits per heavy atom. The van der Waals surface area contributed by atoms with Crippen LogP contribution in [0.2, 0.25) is 0 Å². The van der Waals surface area contributed by atoms with Gasteiger partial charge in [0.15, 0.2) is 5.76 Å². The first-order chi connectivity index (χ1) is 18.8. The van der Waals surface area contributed by atoms with Crippen molar-refractivity contribution >= 4 is 16.9 Å². The van der Waals surface area contributed by atoms with Crippen molar-refractivity contribution < 1.29 is 42.7 Å². The molecule has 2 aliphatic heterocycles. The second-order valence-electron chi connectivity index (χ2n) is 9.15. The summed E-state index contributed by atoms with van der Waals surface area (Å²) in [7, 11) is 0. The highest BCUT2D eigenvalue weighted by atomic mass is 16.7. The normalized spacial score (nSPS) is 22.8. The number of aliphatic hydroxyl groups excluding tert-OH is 1. The van der Waals surface area contributed by atoms with Crippen molar-refractivity contribution in [3.8, 4) is 0 Å². The van der Waals surface area contributed by atoms with Crippen LogP contribution in [0.15, 0.2) is 46.8 Å². The molecule has 38 heavy (non-hydrogen) atoms. The van der Waals surface area contributed by atoms with Gasteiger partial charge in [-0.2, -0.15) is 0 Å². The molecule has 0 saturated carbocycles. The average molecular weight is 534 g/mol. The number of benzene rings is 1. The lowest BCUT2D eigenvalue weighted by atomic mass is 9.92. The lowest BCUT2D eigenvalue weighted by Crippen LogP contribution is -2.40. The Hall–Kier alpha value is -2.47. The molecule has 10 nitrogen and oxygen atoms in total. The summed E-state index contributed by atoms with van der Waals surface area (Å²) in [5.41, 5.74) is 1.78. The third kappa shape index (κ3) is 8.52. The Morgan fingerprint density at radius 1 is 0.921 bits per heavy atom. The molecule has 1 amide bonds. The van der Waals surface area contributed by atoms with Gasteiger partial charge in [0, 0.05) is 43.0 Å². The van der Waals surface area contributed by atoms with E-state index in [0.29, 0.717) is 91.8 Å². The standard InChI is InChI=1S/C28H39NO9/c30-9-3-4-10-36-27-20-22(24-21-37-25-6-2-1-5-23(24)25)19-26(38-27)28(31)29-7-11-32-13-15-34-17-18-35-16-14-33-12-8-29/h1-2,5-6,19,21-22,27,30H,3-4,7-18,20H2/t22-,27+/m1/s1. The fourth-order valence-corrected chi connectivity index (χ4v) is 4.42. The molecule has 3 heterocycles. The summed E-state index contributed by atoms with van der Waals surface area (Å²) in [4.78, 5) is 15.4. The maximum atomic E-state index is 13.7. The van der Waals surface area contributed by atoms with Crippen molar-refractivity contribution in [3.63, 3.8) is 0 Å². The van der Waals surface area contributed by atoms with Crippen molar-refractivity contribution in [2.45, 2.75) is 31.5 Å². The fourth-order valence-electron chi connectivity index (χ4n) is 4.42. The van der Waals surface area contributed by atoms with Gasteiger partial charge in [-0.15, -0.1) is 0 Å². The summed E-state index contributed by atoms with van der Waals surface area (Å²) in [5.74, 6) is -0.127. The van der Waals surface area contributed by atoms with Crippen molar-refractivity contribution in [1.82, 2.24) is 4.90 Å². The molecular weight excluding hydrogens is 494 g/mol. The molecule has 10 heteroatoms. The topological polar surface area (TPSA) is 109 Å². The van der Waals surface area contributed by atoms with E-state index < -0.39 is 6.29 Å². The maximum absolute atomic E-state index is 13.7. The number of ether oxygens (including phenoxy) is 6. The van der Waals surface area contributed by atoms with E-state index in [4.69, 9.17) is 37.9 Å². The van der Waals surface area contributed by atoms with Crippen molar-refractivity contribution in [1.29, 1.82) is 0 Å². The first-order valence-corrected chi connectivity index (χ1v) is 13.4. The minimum atomic E-state index is -0.596. The van der Waals surface area contributed by atoms with Crippen molar-refractivity contribution in [2.24, 2.45) is 0 Å². The summed E-state index contributed by atoms with van der Waals surface area (Å²) in [5, 5.41) is 10.1. The number of hydrogen-bond donors (Lipinski definition) is 1. The Kier molecular flexibility index (Phi) is 11.9. The molecule has 0 aliphatic carbocycles. The van der Waals surface area contributed by atoms with Crippen LogP contribution >= 0.6 is 0 Å². The number of fused-ring (bicyclic) bond motifs is 1. The summed E-state index contributed by atoms with van der Waals surface area (Å²) in [6.07, 6.45) is 4.92. The number of hydrogen-bond acceptors (Lipinski definition) is 9. The van der Waals surface area contributed by atoms with E-state index in [1.165, 1.54) is 0 Å². The Bertz CT molecular complexity index is 991. The predicted molar refractivity (Wildman–Crippen MR) is 139 cm³/mol. The van der Waals surface area contributed by atoms with Crippen LogP contribution in [-0.4, -0.2) is 101 Å². The Labute approximate surface area is 223 Å². The van der Waals surface area contributed by atoms with Crippen LogP contribution in [0.3, 0.4) is 0 Å². The SMILES string of the molecule is O=C(C1=C[C@@H](c2coc3ccccc23)C[C@@H](OCCCCO)O1)N1CCOCCOCCOCCOCC1. The molecule has 4 rings (SSSR count). The number of carbonyl (C=O) groups excluding carboxylic acids is 1. The highest BCUT2D eigenvalue weighted by molar-refractivity contribution is 5.92. The van der Waals surface area contributed by atoms with Crippen molar-refractivity contribution in [3.05, 3.63) is 47.9 Å². The minimum Gasteiger partial charge on any atom is -0.464 e. The first kappa shape index (κ1) is 28.5. The maximum Gasteiger partial charge on any atom is 0.288 e. The Balaban J connectivity index is 1.49. The molecule has 0 unspecified atom stereocenters. The van der Waals surface area contributed by atoms with E-state index in [0.717, 1.165) is 16.5 Å². The largest absolute Gasteiger partial charge is 0.464 e. The van der Waals surface area contributed by atoms with E-state index in [9.17, 15) is 4.79 Å². The van der Waals surface area contributed by atoms with Crippen LogP contribution < -0.4 is 0 Å². The second kappa shape index (κ2) is 15.8. The Morgan fingerprint density at radius 2 is 1.58 bits per heavy atom. The molecule has 210 valence electrons. The summed E-state index contributed by atoms with van der Waals surface area (Å²) >= 11 is 0. The van der Waals surface area contributed by atoms with Crippen LogP contribution in [0.4, 0.5) is 0 Å². The first-order valence-electron chi connectivity index (χ1n) is 13.4. The monoisotopic (exact) mass is 533 g/mol. The number of carbonyl (C=O) groups is 1. The fraction of sp³-hybridized carbons (Fsp3) is 0.607.